The summed E-state index contributed by atoms with van der Waals surface area (Å²) in [5, 5.41) is 13.3. The molecular weight excluding hydrogens is 333 g/mol. The summed E-state index contributed by atoms with van der Waals surface area (Å²) in [4.78, 5) is 6.50. The van der Waals surface area contributed by atoms with E-state index < -0.39 is 0 Å². The second kappa shape index (κ2) is 7.72. The number of benzene rings is 1. The maximum atomic E-state index is 13.5. The fourth-order valence-corrected chi connectivity index (χ4v) is 3.55. The predicted molar refractivity (Wildman–Crippen MR) is 98.3 cm³/mol. The van der Waals surface area contributed by atoms with Crippen LogP contribution in [-0.4, -0.2) is 34.0 Å². The zero-order valence-electron chi connectivity index (χ0n) is 15.3. The molecule has 1 N–H and O–H groups in total. The van der Waals surface area contributed by atoms with Gasteiger partial charge in [-0.05, 0) is 49.4 Å². The molecule has 26 heavy (non-hydrogen) atoms. The Morgan fingerprint density at radius 1 is 1.23 bits per heavy atom. The van der Waals surface area contributed by atoms with Gasteiger partial charge in [0.15, 0.2) is 5.84 Å². The smallest absolute Gasteiger partial charge is 0.230 e. The highest BCUT2D eigenvalue weighted by Crippen LogP contribution is 2.28. The molecule has 1 fully saturated rings. The third kappa shape index (κ3) is 4.12. The van der Waals surface area contributed by atoms with Gasteiger partial charge in [-0.25, -0.2) is 9.37 Å². The van der Waals surface area contributed by atoms with Crippen LogP contribution in [0, 0.1) is 24.6 Å². The average molecular weight is 357 g/mol. The predicted octanol–water partition coefficient (Wildman–Crippen LogP) is 4.44. The lowest BCUT2D eigenvalue weighted by molar-refractivity contribution is 0.204. The number of aromatic nitrogens is 1. The fourth-order valence-electron chi connectivity index (χ4n) is 3.55. The van der Waals surface area contributed by atoms with Crippen LogP contribution in [0.3, 0.4) is 0 Å². The van der Waals surface area contributed by atoms with Crippen molar-refractivity contribution in [3.05, 3.63) is 53.5 Å². The van der Waals surface area contributed by atoms with Crippen LogP contribution in [0.1, 0.15) is 31.5 Å². The molecule has 2 unspecified atom stereocenters. The van der Waals surface area contributed by atoms with Gasteiger partial charge in [-0.1, -0.05) is 25.1 Å². The number of piperidine rings is 1. The zero-order valence-corrected chi connectivity index (χ0v) is 15.3. The van der Waals surface area contributed by atoms with Crippen molar-refractivity contribution in [3.63, 3.8) is 0 Å². The molecule has 0 bridgehead atoms. The molecule has 0 saturated carbocycles. The van der Waals surface area contributed by atoms with Gasteiger partial charge in [0.25, 0.3) is 0 Å². The molecule has 2 heterocycles. The van der Waals surface area contributed by atoms with E-state index in [9.17, 15) is 9.60 Å². The minimum Gasteiger partial charge on any atom is -0.438 e. The summed E-state index contributed by atoms with van der Waals surface area (Å²) in [6.45, 7) is 7.83. The molecule has 3 rings (SSSR count). The third-order valence-corrected chi connectivity index (χ3v) is 4.51. The van der Waals surface area contributed by atoms with Crippen molar-refractivity contribution < 1.29 is 14.3 Å². The summed E-state index contributed by atoms with van der Waals surface area (Å²) in [6, 6.07) is 9.57. The standard InChI is InChI=1S/C20H24FN3O2/c1-13-9-14(2)12-24(11-13)19(23-25)18-8-7-15(3)22-20(18)26-17-6-4-5-16(21)10-17/h4-8,10,13-14,25H,9,11-12H2,1-3H3/b23-19-. The third-order valence-electron chi connectivity index (χ3n) is 4.51. The maximum absolute atomic E-state index is 13.5. The second-order valence-corrected chi connectivity index (χ2v) is 7.14. The molecular formula is C20H24FN3O2. The van der Waals surface area contributed by atoms with Crippen molar-refractivity contribution in [2.75, 3.05) is 13.1 Å². The normalized spacial score (nSPS) is 20.9. The van der Waals surface area contributed by atoms with Crippen LogP contribution in [0.4, 0.5) is 4.39 Å². The highest BCUT2D eigenvalue weighted by molar-refractivity contribution is 6.00. The highest BCUT2D eigenvalue weighted by atomic mass is 19.1. The summed E-state index contributed by atoms with van der Waals surface area (Å²) < 4.78 is 19.3. The largest absolute Gasteiger partial charge is 0.438 e. The number of nitrogens with zero attached hydrogens (tertiary/aromatic N) is 3. The van der Waals surface area contributed by atoms with Gasteiger partial charge < -0.3 is 14.8 Å². The molecule has 138 valence electrons. The van der Waals surface area contributed by atoms with E-state index in [1.54, 1.807) is 12.1 Å². The number of oxime groups is 1. The van der Waals surface area contributed by atoms with Gasteiger partial charge in [0.2, 0.25) is 5.88 Å². The number of halogens is 1. The summed E-state index contributed by atoms with van der Waals surface area (Å²) in [5.74, 6) is 1.70. The van der Waals surface area contributed by atoms with Crippen molar-refractivity contribution in [2.24, 2.45) is 17.0 Å². The van der Waals surface area contributed by atoms with Crippen molar-refractivity contribution in [1.82, 2.24) is 9.88 Å². The number of hydrogen-bond acceptors (Lipinski definition) is 4. The lowest BCUT2D eigenvalue weighted by Crippen LogP contribution is -2.43. The van der Waals surface area contributed by atoms with E-state index in [2.05, 4.69) is 28.9 Å². The van der Waals surface area contributed by atoms with Gasteiger partial charge in [-0.2, -0.15) is 0 Å². The minimum atomic E-state index is -0.383. The van der Waals surface area contributed by atoms with Crippen LogP contribution in [0.2, 0.25) is 0 Å². The van der Waals surface area contributed by atoms with Gasteiger partial charge in [-0.15, -0.1) is 0 Å². The zero-order chi connectivity index (χ0) is 18.7. The summed E-state index contributed by atoms with van der Waals surface area (Å²) >= 11 is 0. The van der Waals surface area contributed by atoms with Crippen LogP contribution in [0.15, 0.2) is 41.6 Å². The van der Waals surface area contributed by atoms with E-state index in [0.717, 1.165) is 25.2 Å². The number of rotatable bonds is 3. The number of pyridine rings is 1. The number of likely N-dealkylation sites (tertiary alicyclic amines) is 1. The first kappa shape index (κ1) is 18.2. The Morgan fingerprint density at radius 3 is 2.62 bits per heavy atom. The van der Waals surface area contributed by atoms with E-state index in [1.807, 2.05) is 19.1 Å². The van der Waals surface area contributed by atoms with Gasteiger partial charge >= 0.3 is 0 Å². The molecule has 0 spiro atoms. The lowest BCUT2D eigenvalue weighted by Gasteiger charge is -2.36. The Kier molecular flexibility index (Phi) is 5.40. The fraction of sp³-hybridized carbons (Fsp3) is 0.400. The molecule has 6 heteroatoms. The van der Waals surface area contributed by atoms with Crippen LogP contribution in [-0.2, 0) is 0 Å². The molecule has 0 amide bonds. The molecule has 0 radical (unpaired) electrons. The minimum absolute atomic E-state index is 0.300. The van der Waals surface area contributed by atoms with E-state index in [4.69, 9.17) is 4.74 Å². The van der Waals surface area contributed by atoms with E-state index in [0.29, 0.717) is 34.9 Å². The Morgan fingerprint density at radius 2 is 1.96 bits per heavy atom. The molecule has 1 aliphatic rings. The Bertz CT molecular complexity index is 799. The monoisotopic (exact) mass is 357 g/mol. The van der Waals surface area contributed by atoms with Gasteiger partial charge in [-0.3, -0.25) is 0 Å². The molecule has 5 nitrogen and oxygen atoms in total. The Labute approximate surface area is 153 Å². The number of hydrogen-bond donors (Lipinski definition) is 1. The first-order valence-corrected chi connectivity index (χ1v) is 8.84. The van der Waals surface area contributed by atoms with Crippen molar-refractivity contribution >= 4 is 5.84 Å². The number of ether oxygens (including phenoxy) is 1. The second-order valence-electron chi connectivity index (χ2n) is 7.14. The first-order chi connectivity index (χ1) is 12.5. The SMILES string of the molecule is Cc1ccc(/C(=N/O)N2CC(C)CC(C)C2)c(Oc2cccc(F)c2)n1. The molecule has 1 aromatic carbocycles. The molecule has 1 aliphatic heterocycles. The molecule has 2 atom stereocenters. The van der Waals surface area contributed by atoms with Crippen LogP contribution >= 0.6 is 0 Å². The van der Waals surface area contributed by atoms with Crippen molar-refractivity contribution in [1.29, 1.82) is 0 Å². The van der Waals surface area contributed by atoms with Crippen LogP contribution in [0.5, 0.6) is 11.6 Å². The van der Waals surface area contributed by atoms with Gasteiger partial charge in [0.1, 0.15) is 11.6 Å². The van der Waals surface area contributed by atoms with E-state index in [1.165, 1.54) is 12.1 Å². The van der Waals surface area contributed by atoms with Gasteiger partial charge in [0.05, 0.1) is 5.56 Å². The molecule has 0 aliphatic carbocycles. The van der Waals surface area contributed by atoms with E-state index >= 15 is 0 Å². The van der Waals surface area contributed by atoms with Crippen molar-refractivity contribution in [2.45, 2.75) is 27.2 Å². The van der Waals surface area contributed by atoms with Crippen molar-refractivity contribution in [3.8, 4) is 11.6 Å². The molecule has 1 saturated heterocycles. The topological polar surface area (TPSA) is 58.0 Å². The van der Waals surface area contributed by atoms with Crippen LogP contribution < -0.4 is 4.74 Å². The number of amidine groups is 1. The average Bonchev–Trinajstić information content (AvgIpc) is 2.56. The summed E-state index contributed by atoms with van der Waals surface area (Å²) in [7, 11) is 0. The van der Waals surface area contributed by atoms with E-state index in [-0.39, 0.29) is 5.82 Å². The summed E-state index contributed by atoms with van der Waals surface area (Å²) in [6.07, 6.45) is 1.15. The van der Waals surface area contributed by atoms with Crippen LogP contribution in [0.25, 0.3) is 0 Å². The van der Waals surface area contributed by atoms with Gasteiger partial charge in [0, 0.05) is 24.8 Å². The highest BCUT2D eigenvalue weighted by Gasteiger charge is 2.27. The molecule has 2 aromatic rings. The first-order valence-electron chi connectivity index (χ1n) is 8.84. The summed E-state index contributed by atoms with van der Waals surface area (Å²) in [5.41, 5.74) is 1.35. The Hall–Kier alpha value is -2.63. The maximum Gasteiger partial charge on any atom is 0.230 e. The Balaban J connectivity index is 1.95. The lowest BCUT2D eigenvalue weighted by atomic mass is 9.91. The number of aryl methyl sites for hydroxylation is 1. The quantitative estimate of drug-likeness (QED) is 0.382. The molecule has 1 aromatic heterocycles.